The molecule has 1 spiro atoms. The van der Waals surface area contributed by atoms with Gasteiger partial charge in [-0.3, -0.25) is 9.59 Å². The van der Waals surface area contributed by atoms with Gasteiger partial charge in [0.1, 0.15) is 0 Å². The van der Waals surface area contributed by atoms with Crippen molar-refractivity contribution in [2.24, 2.45) is 0 Å². The Morgan fingerprint density at radius 2 is 1.93 bits per heavy atom. The summed E-state index contributed by atoms with van der Waals surface area (Å²) in [7, 11) is 1.64. The Kier molecular flexibility index (Phi) is 6.11. The maximum absolute atomic E-state index is 13.7. The van der Waals surface area contributed by atoms with Crippen molar-refractivity contribution in [3.8, 4) is 0 Å². The minimum absolute atomic E-state index is 0.00337. The lowest BCUT2D eigenvalue weighted by Crippen LogP contribution is -2.62. The molecule has 1 fully saturated rings. The molecule has 1 saturated carbocycles. The molecule has 158 valence electrons. The largest absolute Gasteiger partial charge is 0.383 e. The molecule has 6 heteroatoms. The smallest absolute Gasteiger partial charge is 0.254 e. The number of carbonyl (C=O) groups is 2. The van der Waals surface area contributed by atoms with Gasteiger partial charge in [-0.1, -0.05) is 55.1 Å². The van der Waals surface area contributed by atoms with Crippen LogP contribution in [-0.2, 0) is 9.53 Å². The predicted molar refractivity (Wildman–Crippen MR) is 118 cm³/mol. The molecule has 0 aromatic heterocycles. The van der Waals surface area contributed by atoms with E-state index in [1.54, 1.807) is 19.2 Å². The van der Waals surface area contributed by atoms with Crippen molar-refractivity contribution in [2.75, 3.05) is 25.6 Å². The number of benzene rings is 2. The summed E-state index contributed by atoms with van der Waals surface area (Å²) in [5, 5.41) is 3.63. The SMILES string of the molecule is COCCN1C(=O)c2ccccc2[C@@H](C(=O)Nc2cccc(Cl)c2)C12CCCCC2. The zero-order valence-electron chi connectivity index (χ0n) is 17.2. The van der Waals surface area contributed by atoms with E-state index in [0.29, 0.717) is 29.4 Å². The lowest BCUT2D eigenvalue weighted by atomic mass is 9.65. The van der Waals surface area contributed by atoms with E-state index in [1.807, 2.05) is 41.3 Å². The van der Waals surface area contributed by atoms with Crippen LogP contribution in [0.3, 0.4) is 0 Å². The van der Waals surface area contributed by atoms with Crippen LogP contribution < -0.4 is 5.32 Å². The van der Waals surface area contributed by atoms with Gasteiger partial charge in [0.15, 0.2) is 0 Å². The van der Waals surface area contributed by atoms with Crippen molar-refractivity contribution in [1.82, 2.24) is 4.90 Å². The first-order valence-electron chi connectivity index (χ1n) is 10.5. The summed E-state index contributed by atoms with van der Waals surface area (Å²) in [4.78, 5) is 29.1. The highest BCUT2D eigenvalue weighted by atomic mass is 35.5. The fraction of sp³-hybridized carbons (Fsp3) is 0.417. The third-order valence-electron chi connectivity index (χ3n) is 6.42. The second kappa shape index (κ2) is 8.78. The highest BCUT2D eigenvalue weighted by Crippen LogP contribution is 2.49. The van der Waals surface area contributed by atoms with Gasteiger partial charge < -0.3 is 15.0 Å². The van der Waals surface area contributed by atoms with Crippen LogP contribution in [0.5, 0.6) is 0 Å². The fourth-order valence-electron chi connectivity index (χ4n) is 5.13. The first-order chi connectivity index (χ1) is 14.6. The van der Waals surface area contributed by atoms with E-state index < -0.39 is 11.5 Å². The molecule has 1 N–H and O–H groups in total. The monoisotopic (exact) mass is 426 g/mol. The molecule has 0 bridgehead atoms. The second-order valence-corrected chi connectivity index (χ2v) is 8.57. The third kappa shape index (κ3) is 3.72. The molecule has 0 radical (unpaired) electrons. The Morgan fingerprint density at radius 1 is 1.17 bits per heavy atom. The summed E-state index contributed by atoms with van der Waals surface area (Å²) in [6.07, 6.45) is 4.74. The van der Waals surface area contributed by atoms with E-state index >= 15 is 0 Å². The number of nitrogens with one attached hydrogen (secondary N) is 1. The molecule has 2 aliphatic rings. The van der Waals surface area contributed by atoms with Gasteiger partial charge in [0.05, 0.1) is 18.1 Å². The Labute approximate surface area is 182 Å². The van der Waals surface area contributed by atoms with Crippen molar-refractivity contribution >= 4 is 29.1 Å². The molecule has 0 saturated heterocycles. The number of carbonyl (C=O) groups excluding carboxylic acids is 2. The maximum Gasteiger partial charge on any atom is 0.254 e. The quantitative estimate of drug-likeness (QED) is 0.742. The van der Waals surface area contributed by atoms with Crippen LogP contribution in [0, 0.1) is 0 Å². The zero-order valence-corrected chi connectivity index (χ0v) is 18.0. The maximum atomic E-state index is 13.7. The zero-order chi connectivity index (χ0) is 21.1. The van der Waals surface area contributed by atoms with E-state index in [4.69, 9.17) is 16.3 Å². The summed E-state index contributed by atoms with van der Waals surface area (Å²) in [5.41, 5.74) is 1.55. The van der Waals surface area contributed by atoms with Gasteiger partial charge >= 0.3 is 0 Å². The van der Waals surface area contributed by atoms with Gasteiger partial charge in [-0.05, 0) is 42.7 Å². The first-order valence-corrected chi connectivity index (χ1v) is 10.9. The number of hydrogen-bond acceptors (Lipinski definition) is 3. The van der Waals surface area contributed by atoms with Gasteiger partial charge in [-0.2, -0.15) is 0 Å². The van der Waals surface area contributed by atoms with Crippen molar-refractivity contribution in [2.45, 2.75) is 43.6 Å². The Balaban J connectivity index is 1.80. The van der Waals surface area contributed by atoms with Gasteiger partial charge in [-0.25, -0.2) is 0 Å². The molecule has 5 nitrogen and oxygen atoms in total. The van der Waals surface area contributed by atoms with Gasteiger partial charge in [0.2, 0.25) is 5.91 Å². The molecule has 30 heavy (non-hydrogen) atoms. The van der Waals surface area contributed by atoms with E-state index in [9.17, 15) is 9.59 Å². The number of nitrogens with zero attached hydrogens (tertiary/aromatic N) is 1. The molecule has 2 aromatic carbocycles. The highest BCUT2D eigenvalue weighted by molar-refractivity contribution is 6.30. The number of methoxy groups -OCH3 is 1. The van der Waals surface area contributed by atoms with Crippen molar-refractivity contribution < 1.29 is 14.3 Å². The van der Waals surface area contributed by atoms with E-state index in [2.05, 4.69) is 5.32 Å². The minimum Gasteiger partial charge on any atom is -0.383 e. The first kappa shape index (κ1) is 20.9. The van der Waals surface area contributed by atoms with Crippen LogP contribution in [0.2, 0.25) is 5.02 Å². The Bertz CT molecular complexity index is 940. The summed E-state index contributed by atoms with van der Waals surface area (Å²) < 4.78 is 5.31. The highest BCUT2D eigenvalue weighted by Gasteiger charge is 2.54. The van der Waals surface area contributed by atoms with Crippen LogP contribution in [0.15, 0.2) is 48.5 Å². The van der Waals surface area contributed by atoms with Crippen molar-refractivity contribution in [3.05, 3.63) is 64.7 Å². The van der Waals surface area contributed by atoms with Crippen molar-refractivity contribution in [3.63, 3.8) is 0 Å². The average molecular weight is 427 g/mol. The van der Waals surface area contributed by atoms with Crippen LogP contribution >= 0.6 is 11.6 Å². The third-order valence-corrected chi connectivity index (χ3v) is 6.65. The molecule has 1 atom stereocenters. The molecule has 1 aliphatic heterocycles. The van der Waals surface area contributed by atoms with Gasteiger partial charge in [-0.15, -0.1) is 0 Å². The molecule has 2 amide bonds. The van der Waals surface area contributed by atoms with Crippen LogP contribution in [-0.4, -0.2) is 42.5 Å². The van der Waals surface area contributed by atoms with E-state index in [1.165, 1.54) is 0 Å². The van der Waals surface area contributed by atoms with Crippen LogP contribution in [0.1, 0.15) is 53.9 Å². The van der Waals surface area contributed by atoms with Crippen molar-refractivity contribution in [1.29, 1.82) is 0 Å². The summed E-state index contributed by atoms with van der Waals surface area (Å²) >= 11 is 6.12. The number of amides is 2. The molecule has 1 aliphatic carbocycles. The number of hydrogen-bond donors (Lipinski definition) is 1. The standard InChI is InChI=1S/C24H27ClN2O3/c1-30-15-14-27-23(29)20-11-4-3-10-19(20)21(24(27)12-5-2-6-13-24)22(28)26-18-9-7-8-17(25)16-18/h3-4,7-11,16,21H,2,5-6,12-15H2,1H3,(H,26,28)/t21-/m0/s1. The summed E-state index contributed by atoms with van der Waals surface area (Å²) in [5.74, 6) is -0.541. The molecule has 4 rings (SSSR count). The molecule has 2 aromatic rings. The normalized spacial score (nSPS) is 20.1. The topological polar surface area (TPSA) is 58.6 Å². The number of rotatable bonds is 5. The van der Waals surface area contributed by atoms with E-state index in [-0.39, 0.29) is 11.8 Å². The van der Waals surface area contributed by atoms with Crippen LogP contribution in [0.4, 0.5) is 5.69 Å². The molecule has 1 heterocycles. The Morgan fingerprint density at radius 3 is 2.67 bits per heavy atom. The lowest BCUT2D eigenvalue weighted by Gasteiger charge is -2.53. The molecule has 0 unspecified atom stereocenters. The number of fused-ring (bicyclic) bond motifs is 1. The fourth-order valence-corrected chi connectivity index (χ4v) is 5.32. The van der Waals surface area contributed by atoms with Crippen LogP contribution in [0.25, 0.3) is 0 Å². The average Bonchev–Trinajstić information content (AvgIpc) is 2.74. The summed E-state index contributed by atoms with van der Waals surface area (Å²) in [6.45, 7) is 0.920. The molecular weight excluding hydrogens is 400 g/mol. The molecular formula is C24H27ClN2O3. The summed E-state index contributed by atoms with van der Waals surface area (Å²) in [6, 6.07) is 14.7. The minimum atomic E-state index is -0.537. The predicted octanol–water partition coefficient (Wildman–Crippen LogP) is 4.87. The van der Waals surface area contributed by atoms with Gasteiger partial charge in [0, 0.05) is 29.9 Å². The number of anilines is 1. The number of halogens is 1. The number of ether oxygens (including phenoxy) is 1. The Hall–Kier alpha value is -2.37. The van der Waals surface area contributed by atoms with Gasteiger partial charge in [0.25, 0.3) is 5.91 Å². The second-order valence-electron chi connectivity index (χ2n) is 8.13. The lowest BCUT2D eigenvalue weighted by molar-refractivity contribution is -0.122. The van der Waals surface area contributed by atoms with E-state index in [0.717, 1.165) is 37.7 Å².